The van der Waals surface area contributed by atoms with E-state index in [1.165, 1.54) is 0 Å². The van der Waals surface area contributed by atoms with Crippen LogP contribution in [-0.2, 0) is 6.42 Å². The van der Waals surface area contributed by atoms with Crippen LogP contribution >= 0.6 is 0 Å². The Morgan fingerprint density at radius 2 is 2.00 bits per heavy atom. The number of aromatic hydroxyl groups is 1. The van der Waals surface area contributed by atoms with Crippen LogP contribution in [0.3, 0.4) is 0 Å². The van der Waals surface area contributed by atoms with Gasteiger partial charge in [0.05, 0.1) is 0 Å². The highest BCUT2D eigenvalue weighted by atomic mass is 16.3. The summed E-state index contributed by atoms with van der Waals surface area (Å²) in [6.07, 6.45) is 0.761. The minimum absolute atomic E-state index is 0.369. The standard InChI is InChI=1S/C14H20N2O/c1-12(11-16-8-6-15-7-9-16)10-13-4-2-3-5-14(13)17/h2-5,15,17H,1,6-11H2. The molecule has 0 spiro atoms. The summed E-state index contributed by atoms with van der Waals surface area (Å²) in [7, 11) is 0. The van der Waals surface area contributed by atoms with Crippen molar-refractivity contribution in [2.24, 2.45) is 0 Å². The predicted molar refractivity (Wildman–Crippen MR) is 70.3 cm³/mol. The van der Waals surface area contributed by atoms with Gasteiger partial charge in [-0.05, 0) is 18.1 Å². The third kappa shape index (κ3) is 3.58. The Bertz CT molecular complexity index is 384. The van der Waals surface area contributed by atoms with Gasteiger partial charge in [0.15, 0.2) is 0 Å². The Kier molecular flexibility index (Phi) is 4.18. The van der Waals surface area contributed by atoms with E-state index < -0.39 is 0 Å². The van der Waals surface area contributed by atoms with Crippen LogP contribution in [0.1, 0.15) is 5.56 Å². The molecule has 17 heavy (non-hydrogen) atoms. The van der Waals surface area contributed by atoms with Crippen molar-refractivity contribution in [3.63, 3.8) is 0 Å². The SMILES string of the molecule is C=C(Cc1ccccc1O)CN1CCNCC1. The van der Waals surface area contributed by atoms with Gasteiger partial charge in [0.2, 0.25) is 0 Å². The van der Waals surface area contributed by atoms with Crippen LogP contribution in [0.4, 0.5) is 0 Å². The van der Waals surface area contributed by atoms with Crippen molar-refractivity contribution >= 4 is 0 Å². The lowest BCUT2D eigenvalue weighted by atomic mass is 10.0. The van der Waals surface area contributed by atoms with Crippen LogP contribution < -0.4 is 5.32 Å². The van der Waals surface area contributed by atoms with Gasteiger partial charge >= 0.3 is 0 Å². The number of hydrogen-bond acceptors (Lipinski definition) is 3. The number of piperazine rings is 1. The van der Waals surface area contributed by atoms with Crippen molar-refractivity contribution in [3.05, 3.63) is 42.0 Å². The smallest absolute Gasteiger partial charge is 0.119 e. The molecule has 1 saturated heterocycles. The van der Waals surface area contributed by atoms with E-state index in [0.29, 0.717) is 5.75 Å². The van der Waals surface area contributed by atoms with Crippen LogP contribution in [0.2, 0.25) is 0 Å². The molecule has 1 aromatic carbocycles. The van der Waals surface area contributed by atoms with Crippen molar-refractivity contribution < 1.29 is 5.11 Å². The number of nitrogens with one attached hydrogen (secondary N) is 1. The number of para-hydroxylation sites is 1. The molecular weight excluding hydrogens is 212 g/mol. The van der Waals surface area contributed by atoms with E-state index in [1.807, 2.05) is 18.2 Å². The second-order valence-corrected chi connectivity index (χ2v) is 4.58. The maximum Gasteiger partial charge on any atom is 0.119 e. The third-order valence-electron chi connectivity index (χ3n) is 3.09. The molecule has 3 heteroatoms. The lowest BCUT2D eigenvalue weighted by molar-refractivity contribution is 0.258. The number of nitrogens with zero attached hydrogens (tertiary/aromatic N) is 1. The second-order valence-electron chi connectivity index (χ2n) is 4.58. The maximum absolute atomic E-state index is 9.70. The highest BCUT2D eigenvalue weighted by Crippen LogP contribution is 2.19. The molecule has 92 valence electrons. The van der Waals surface area contributed by atoms with E-state index in [1.54, 1.807) is 6.07 Å². The van der Waals surface area contributed by atoms with Crippen molar-refractivity contribution in [1.82, 2.24) is 10.2 Å². The first kappa shape index (κ1) is 12.1. The van der Waals surface area contributed by atoms with Gasteiger partial charge in [-0.3, -0.25) is 4.90 Å². The number of hydrogen-bond donors (Lipinski definition) is 2. The van der Waals surface area contributed by atoms with Crippen LogP contribution in [-0.4, -0.2) is 42.7 Å². The first-order valence-electron chi connectivity index (χ1n) is 6.12. The largest absolute Gasteiger partial charge is 0.508 e. The first-order chi connectivity index (χ1) is 8.25. The molecule has 1 heterocycles. The van der Waals surface area contributed by atoms with Gasteiger partial charge in [0.1, 0.15) is 5.75 Å². The lowest BCUT2D eigenvalue weighted by Crippen LogP contribution is -2.44. The van der Waals surface area contributed by atoms with Gasteiger partial charge in [-0.15, -0.1) is 0 Å². The summed E-state index contributed by atoms with van der Waals surface area (Å²) >= 11 is 0. The number of phenolic OH excluding ortho intramolecular Hbond substituents is 1. The quantitative estimate of drug-likeness (QED) is 0.770. The molecule has 2 N–H and O–H groups in total. The molecule has 0 aromatic heterocycles. The summed E-state index contributed by atoms with van der Waals surface area (Å²) in [5.41, 5.74) is 2.13. The average Bonchev–Trinajstić information content (AvgIpc) is 2.33. The zero-order chi connectivity index (χ0) is 12.1. The molecule has 0 unspecified atom stereocenters. The van der Waals surface area contributed by atoms with Gasteiger partial charge in [-0.1, -0.05) is 30.4 Å². The molecule has 0 bridgehead atoms. The van der Waals surface area contributed by atoms with Crippen LogP contribution in [0.5, 0.6) is 5.75 Å². The Labute approximate surface area is 103 Å². The number of phenols is 1. The fourth-order valence-corrected chi connectivity index (χ4v) is 2.17. The van der Waals surface area contributed by atoms with E-state index in [-0.39, 0.29) is 0 Å². The Morgan fingerprint density at radius 1 is 1.29 bits per heavy atom. The molecule has 0 saturated carbocycles. The zero-order valence-electron chi connectivity index (χ0n) is 10.2. The van der Waals surface area contributed by atoms with E-state index in [0.717, 1.165) is 50.3 Å². The van der Waals surface area contributed by atoms with Gasteiger partial charge in [0, 0.05) is 32.7 Å². The van der Waals surface area contributed by atoms with Gasteiger partial charge in [-0.25, -0.2) is 0 Å². The van der Waals surface area contributed by atoms with Crippen LogP contribution in [0.25, 0.3) is 0 Å². The fraction of sp³-hybridized carbons (Fsp3) is 0.429. The molecule has 1 fully saturated rings. The summed E-state index contributed by atoms with van der Waals surface area (Å²) < 4.78 is 0. The minimum atomic E-state index is 0.369. The average molecular weight is 232 g/mol. The highest BCUT2D eigenvalue weighted by molar-refractivity contribution is 5.34. The third-order valence-corrected chi connectivity index (χ3v) is 3.09. The highest BCUT2D eigenvalue weighted by Gasteiger charge is 2.11. The molecule has 1 aliphatic rings. The van der Waals surface area contributed by atoms with Gasteiger partial charge < -0.3 is 10.4 Å². The number of benzene rings is 1. The molecule has 0 atom stereocenters. The summed E-state index contributed by atoms with van der Waals surface area (Å²) in [6, 6.07) is 7.48. The van der Waals surface area contributed by atoms with Crippen molar-refractivity contribution in [2.75, 3.05) is 32.7 Å². The van der Waals surface area contributed by atoms with Crippen molar-refractivity contribution in [2.45, 2.75) is 6.42 Å². The topological polar surface area (TPSA) is 35.5 Å². The molecule has 2 rings (SSSR count). The van der Waals surface area contributed by atoms with E-state index >= 15 is 0 Å². The van der Waals surface area contributed by atoms with E-state index in [2.05, 4.69) is 16.8 Å². The molecule has 1 aromatic rings. The van der Waals surface area contributed by atoms with E-state index in [9.17, 15) is 5.11 Å². The predicted octanol–water partition coefficient (Wildman–Crippen LogP) is 1.40. The van der Waals surface area contributed by atoms with Crippen LogP contribution in [0, 0.1) is 0 Å². The van der Waals surface area contributed by atoms with Crippen molar-refractivity contribution in [1.29, 1.82) is 0 Å². The number of rotatable bonds is 4. The summed E-state index contributed by atoms with van der Waals surface area (Å²) in [5.74, 6) is 0.369. The summed E-state index contributed by atoms with van der Waals surface area (Å²) in [5, 5.41) is 13.0. The Morgan fingerprint density at radius 3 is 2.71 bits per heavy atom. The van der Waals surface area contributed by atoms with Gasteiger partial charge in [0.25, 0.3) is 0 Å². The Balaban J connectivity index is 1.86. The molecule has 0 radical (unpaired) electrons. The van der Waals surface area contributed by atoms with Crippen LogP contribution in [0.15, 0.2) is 36.4 Å². The molecule has 1 aliphatic heterocycles. The van der Waals surface area contributed by atoms with E-state index in [4.69, 9.17) is 0 Å². The van der Waals surface area contributed by atoms with Gasteiger partial charge in [-0.2, -0.15) is 0 Å². The first-order valence-corrected chi connectivity index (χ1v) is 6.12. The molecule has 0 aliphatic carbocycles. The fourth-order valence-electron chi connectivity index (χ4n) is 2.17. The monoisotopic (exact) mass is 232 g/mol. The maximum atomic E-state index is 9.70. The summed E-state index contributed by atoms with van der Waals surface area (Å²) in [6.45, 7) is 9.32. The zero-order valence-corrected chi connectivity index (χ0v) is 10.2. The molecular formula is C14H20N2O. The normalized spacial score (nSPS) is 16.9. The summed E-state index contributed by atoms with van der Waals surface area (Å²) in [4.78, 5) is 2.40. The lowest BCUT2D eigenvalue weighted by Gasteiger charge is -2.27. The van der Waals surface area contributed by atoms with Crippen molar-refractivity contribution in [3.8, 4) is 5.75 Å². The molecule has 0 amide bonds. The minimum Gasteiger partial charge on any atom is -0.508 e. The molecule has 3 nitrogen and oxygen atoms in total. The second kappa shape index (κ2) is 5.84. The Hall–Kier alpha value is -1.32.